The van der Waals surface area contributed by atoms with Crippen molar-refractivity contribution in [3.63, 3.8) is 0 Å². The molecule has 7 heteroatoms. The summed E-state index contributed by atoms with van der Waals surface area (Å²) in [7, 11) is 0. The topological polar surface area (TPSA) is 41.1 Å². The Balaban J connectivity index is 2.06. The van der Waals surface area contributed by atoms with Crippen molar-refractivity contribution in [1.82, 2.24) is 5.32 Å². The number of hydrogen-bond acceptors (Lipinski definition) is 2. The molecule has 2 N–H and O–H groups in total. The lowest BCUT2D eigenvalue weighted by atomic mass is 10.1. The van der Waals surface area contributed by atoms with Crippen LogP contribution in [-0.4, -0.2) is 18.5 Å². The van der Waals surface area contributed by atoms with Gasteiger partial charge in [0.05, 0.1) is 11.3 Å². The molecule has 0 radical (unpaired) electrons. The standard InChI is InChI=1S/C13H14F4N2O/c14-10-4-3-8(13(15,16)17)6-11(10)19-12(20)7-9-2-1-5-18-9/h3-4,6,9,18H,1-2,5,7H2,(H,19,20). The van der Waals surface area contributed by atoms with Crippen LogP contribution in [-0.2, 0) is 11.0 Å². The summed E-state index contributed by atoms with van der Waals surface area (Å²) in [5, 5.41) is 5.28. The molecule has 1 heterocycles. The third-order valence-electron chi connectivity index (χ3n) is 3.16. The molecule has 1 amide bonds. The van der Waals surface area contributed by atoms with Crippen molar-refractivity contribution in [3.05, 3.63) is 29.6 Å². The molecule has 2 rings (SSSR count). The second-order valence-corrected chi connectivity index (χ2v) is 4.74. The number of carbonyl (C=O) groups excluding carboxylic acids is 1. The monoisotopic (exact) mass is 290 g/mol. The molecule has 0 aromatic heterocycles. The van der Waals surface area contributed by atoms with Crippen LogP contribution in [0.5, 0.6) is 0 Å². The Morgan fingerprint density at radius 3 is 2.75 bits per heavy atom. The summed E-state index contributed by atoms with van der Waals surface area (Å²) in [6, 6.07) is 1.95. The van der Waals surface area contributed by atoms with Crippen molar-refractivity contribution in [2.75, 3.05) is 11.9 Å². The molecule has 1 atom stereocenters. The first kappa shape index (κ1) is 14.8. The summed E-state index contributed by atoms with van der Waals surface area (Å²) < 4.78 is 51.0. The summed E-state index contributed by atoms with van der Waals surface area (Å²) in [5.41, 5.74) is -1.43. The Hall–Kier alpha value is -1.63. The van der Waals surface area contributed by atoms with Crippen LogP contribution in [0.3, 0.4) is 0 Å². The number of halogens is 4. The van der Waals surface area contributed by atoms with E-state index in [0.29, 0.717) is 18.2 Å². The lowest BCUT2D eigenvalue weighted by Crippen LogP contribution is -2.27. The molecule has 0 saturated carbocycles. The molecule has 0 spiro atoms. The number of amides is 1. The number of anilines is 1. The molecule has 1 fully saturated rings. The summed E-state index contributed by atoms with van der Waals surface area (Å²) in [5.74, 6) is -1.38. The Morgan fingerprint density at radius 1 is 1.40 bits per heavy atom. The number of rotatable bonds is 3. The first-order chi connectivity index (χ1) is 9.36. The van der Waals surface area contributed by atoms with E-state index in [1.807, 2.05) is 0 Å². The van der Waals surface area contributed by atoms with Crippen LogP contribution >= 0.6 is 0 Å². The van der Waals surface area contributed by atoms with Gasteiger partial charge in [0.1, 0.15) is 5.82 Å². The van der Waals surface area contributed by atoms with Crippen LogP contribution in [0, 0.1) is 5.82 Å². The van der Waals surface area contributed by atoms with Crippen molar-refractivity contribution >= 4 is 11.6 Å². The third kappa shape index (κ3) is 3.69. The van der Waals surface area contributed by atoms with Crippen LogP contribution in [0.1, 0.15) is 24.8 Å². The predicted molar refractivity (Wildman–Crippen MR) is 65.7 cm³/mol. The van der Waals surface area contributed by atoms with E-state index in [1.165, 1.54) is 0 Å². The molecule has 3 nitrogen and oxygen atoms in total. The maximum atomic E-state index is 13.4. The molecule has 0 aliphatic carbocycles. The fourth-order valence-corrected chi connectivity index (χ4v) is 2.15. The molecular formula is C13H14F4N2O. The molecule has 1 aliphatic rings. The number of alkyl halides is 3. The minimum absolute atomic E-state index is 0.00357. The van der Waals surface area contributed by atoms with Gasteiger partial charge in [-0.2, -0.15) is 13.2 Å². The number of nitrogens with one attached hydrogen (secondary N) is 2. The fraction of sp³-hybridized carbons (Fsp3) is 0.462. The van der Waals surface area contributed by atoms with Gasteiger partial charge in [0, 0.05) is 12.5 Å². The molecule has 0 bridgehead atoms. The van der Waals surface area contributed by atoms with Crippen LogP contribution in [0.15, 0.2) is 18.2 Å². The van der Waals surface area contributed by atoms with Gasteiger partial charge in [-0.25, -0.2) is 4.39 Å². The van der Waals surface area contributed by atoms with E-state index in [-0.39, 0.29) is 12.5 Å². The Morgan fingerprint density at radius 2 is 2.15 bits per heavy atom. The van der Waals surface area contributed by atoms with Crippen molar-refractivity contribution in [3.8, 4) is 0 Å². The minimum Gasteiger partial charge on any atom is -0.324 e. The van der Waals surface area contributed by atoms with E-state index < -0.39 is 29.2 Å². The first-order valence-electron chi connectivity index (χ1n) is 6.26. The van der Waals surface area contributed by atoms with Crippen LogP contribution < -0.4 is 10.6 Å². The van der Waals surface area contributed by atoms with Crippen LogP contribution in [0.2, 0.25) is 0 Å². The van der Waals surface area contributed by atoms with E-state index in [9.17, 15) is 22.4 Å². The first-order valence-corrected chi connectivity index (χ1v) is 6.26. The highest BCUT2D eigenvalue weighted by Crippen LogP contribution is 2.31. The highest BCUT2D eigenvalue weighted by Gasteiger charge is 2.31. The lowest BCUT2D eigenvalue weighted by Gasteiger charge is -2.13. The quantitative estimate of drug-likeness (QED) is 0.840. The van der Waals surface area contributed by atoms with Gasteiger partial charge in [-0.1, -0.05) is 0 Å². The van der Waals surface area contributed by atoms with Gasteiger partial charge in [-0.15, -0.1) is 0 Å². The van der Waals surface area contributed by atoms with Gasteiger partial charge in [0.2, 0.25) is 5.91 Å². The van der Waals surface area contributed by atoms with Crippen LogP contribution in [0.4, 0.5) is 23.2 Å². The van der Waals surface area contributed by atoms with Gasteiger partial charge >= 0.3 is 6.18 Å². The zero-order chi connectivity index (χ0) is 14.8. The zero-order valence-corrected chi connectivity index (χ0v) is 10.6. The van der Waals surface area contributed by atoms with Crippen molar-refractivity contribution in [2.24, 2.45) is 0 Å². The molecule has 1 unspecified atom stereocenters. The molecule has 1 saturated heterocycles. The lowest BCUT2D eigenvalue weighted by molar-refractivity contribution is -0.137. The minimum atomic E-state index is -4.57. The highest BCUT2D eigenvalue weighted by molar-refractivity contribution is 5.91. The predicted octanol–water partition coefficient (Wildman–Crippen LogP) is 2.93. The van der Waals surface area contributed by atoms with E-state index in [0.717, 1.165) is 19.4 Å². The summed E-state index contributed by atoms with van der Waals surface area (Å²) in [6.45, 7) is 0.815. The largest absolute Gasteiger partial charge is 0.416 e. The zero-order valence-electron chi connectivity index (χ0n) is 10.6. The second-order valence-electron chi connectivity index (χ2n) is 4.74. The van der Waals surface area contributed by atoms with E-state index in [2.05, 4.69) is 10.6 Å². The average Bonchev–Trinajstić information content (AvgIpc) is 2.83. The number of benzene rings is 1. The fourth-order valence-electron chi connectivity index (χ4n) is 2.15. The van der Waals surface area contributed by atoms with Crippen LogP contribution in [0.25, 0.3) is 0 Å². The van der Waals surface area contributed by atoms with Gasteiger partial charge in [0.15, 0.2) is 0 Å². The summed E-state index contributed by atoms with van der Waals surface area (Å²) in [4.78, 5) is 11.7. The average molecular weight is 290 g/mol. The van der Waals surface area contributed by atoms with E-state index >= 15 is 0 Å². The van der Waals surface area contributed by atoms with E-state index in [4.69, 9.17) is 0 Å². The second kappa shape index (κ2) is 5.78. The molecule has 1 aromatic carbocycles. The molecular weight excluding hydrogens is 276 g/mol. The van der Waals surface area contributed by atoms with Crippen molar-refractivity contribution in [1.29, 1.82) is 0 Å². The molecule has 1 aliphatic heterocycles. The van der Waals surface area contributed by atoms with Crippen molar-refractivity contribution in [2.45, 2.75) is 31.5 Å². The van der Waals surface area contributed by atoms with Gasteiger partial charge in [0.25, 0.3) is 0 Å². The Bertz CT molecular complexity index is 496. The number of carbonyl (C=O) groups is 1. The Labute approximate surface area is 113 Å². The molecule has 110 valence electrons. The smallest absolute Gasteiger partial charge is 0.324 e. The normalized spacial score (nSPS) is 19.1. The molecule has 20 heavy (non-hydrogen) atoms. The van der Waals surface area contributed by atoms with Gasteiger partial charge in [-0.3, -0.25) is 4.79 Å². The Kier molecular flexibility index (Phi) is 4.27. The maximum absolute atomic E-state index is 13.4. The third-order valence-corrected chi connectivity index (χ3v) is 3.16. The summed E-state index contributed by atoms with van der Waals surface area (Å²) in [6.07, 6.45) is -2.66. The van der Waals surface area contributed by atoms with Crippen molar-refractivity contribution < 1.29 is 22.4 Å². The van der Waals surface area contributed by atoms with E-state index in [1.54, 1.807) is 0 Å². The maximum Gasteiger partial charge on any atom is 0.416 e. The summed E-state index contributed by atoms with van der Waals surface area (Å²) >= 11 is 0. The highest BCUT2D eigenvalue weighted by atomic mass is 19.4. The van der Waals surface area contributed by atoms with Gasteiger partial charge in [-0.05, 0) is 37.6 Å². The van der Waals surface area contributed by atoms with Gasteiger partial charge < -0.3 is 10.6 Å². The number of hydrogen-bond donors (Lipinski definition) is 2. The SMILES string of the molecule is O=C(CC1CCCN1)Nc1cc(C(F)(F)F)ccc1F. The molecule has 1 aromatic rings.